The largest absolute Gasteiger partial charge is 0.457 e. The molecular formula is C28H34N2O6S. The van der Waals surface area contributed by atoms with Gasteiger partial charge in [-0.25, -0.2) is 27.3 Å². The van der Waals surface area contributed by atoms with E-state index >= 15 is 0 Å². The van der Waals surface area contributed by atoms with Gasteiger partial charge in [0.1, 0.15) is 17.0 Å². The zero-order valence-electron chi connectivity index (χ0n) is 22.1. The predicted molar refractivity (Wildman–Crippen MR) is 142 cm³/mol. The first-order valence-corrected chi connectivity index (χ1v) is 13.5. The molecule has 0 bridgehead atoms. The lowest BCUT2D eigenvalue weighted by atomic mass is 10.1. The van der Waals surface area contributed by atoms with E-state index in [0.29, 0.717) is 24.2 Å². The van der Waals surface area contributed by atoms with Gasteiger partial charge in [-0.3, -0.25) is 0 Å². The normalized spacial score (nSPS) is 14.3. The van der Waals surface area contributed by atoms with E-state index in [1.165, 1.54) is 22.7 Å². The molecule has 37 heavy (non-hydrogen) atoms. The third kappa shape index (κ3) is 8.01. The maximum atomic E-state index is 13.3. The van der Waals surface area contributed by atoms with E-state index in [9.17, 15) is 18.0 Å². The van der Waals surface area contributed by atoms with E-state index in [2.05, 4.69) is 4.98 Å². The molecule has 1 aromatic heterocycles. The molecule has 0 unspecified atom stereocenters. The molecule has 0 aliphatic carbocycles. The Labute approximate surface area is 219 Å². The van der Waals surface area contributed by atoms with Crippen molar-refractivity contribution in [1.82, 2.24) is 4.98 Å². The van der Waals surface area contributed by atoms with E-state index in [1.54, 1.807) is 78.0 Å². The van der Waals surface area contributed by atoms with E-state index < -0.39 is 33.2 Å². The van der Waals surface area contributed by atoms with Crippen LogP contribution >= 0.6 is 0 Å². The highest BCUT2D eigenvalue weighted by molar-refractivity contribution is 7.92. The molecule has 198 valence electrons. The quantitative estimate of drug-likeness (QED) is 0.383. The molecule has 0 spiro atoms. The van der Waals surface area contributed by atoms with Crippen LogP contribution in [0.1, 0.15) is 58.2 Å². The number of anilines is 1. The number of carbonyl (C=O) groups excluding carboxylic acids is 2. The number of fused-ring (bicyclic) bond motifs is 1. The van der Waals surface area contributed by atoms with Crippen LogP contribution in [-0.2, 0) is 41.9 Å². The van der Waals surface area contributed by atoms with Crippen molar-refractivity contribution in [2.24, 2.45) is 0 Å². The van der Waals surface area contributed by atoms with Gasteiger partial charge in [-0.05, 0) is 95.3 Å². The van der Waals surface area contributed by atoms with Gasteiger partial charge in [0.05, 0.1) is 4.90 Å². The Kier molecular flexibility index (Phi) is 8.27. The number of rotatable bonds is 7. The molecule has 0 atom stereocenters. The van der Waals surface area contributed by atoms with Gasteiger partial charge in [0, 0.05) is 24.9 Å². The maximum absolute atomic E-state index is 13.3. The van der Waals surface area contributed by atoms with Crippen LogP contribution in [0.25, 0.3) is 6.08 Å². The van der Waals surface area contributed by atoms with Crippen LogP contribution in [0.3, 0.4) is 0 Å². The zero-order valence-corrected chi connectivity index (χ0v) is 23.0. The van der Waals surface area contributed by atoms with Gasteiger partial charge in [0.25, 0.3) is 10.0 Å². The summed E-state index contributed by atoms with van der Waals surface area (Å²) in [6.45, 7) is 11.1. The van der Waals surface area contributed by atoms with Crippen molar-refractivity contribution in [2.75, 3.05) is 10.8 Å². The first-order valence-electron chi connectivity index (χ1n) is 12.1. The molecule has 0 fully saturated rings. The Morgan fingerprint density at radius 3 is 2.16 bits per heavy atom. The Morgan fingerprint density at radius 2 is 1.57 bits per heavy atom. The molecule has 2 heterocycles. The van der Waals surface area contributed by atoms with Crippen molar-refractivity contribution in [3.8, 4) is 0 Å². The fraction of sp³-hybridized carbons (Fsp3) is 0.393. The minimum atomic E-state index is -3.80. The van der Waals surface area contributed by atoms with Gasteiger partial charge in [0.2, 0.25) is 0 Å². The number of hydrogen-bond acceptors (Lipinski definition) is 7. The van der Waals surface area contributed by atoms with Gasteiger partial charge in [-0.2, -0.15) is 0 Å². The van der Waals surface area contributed by atoms with Crippen LogP contribution in [0.15, 0.2) is 59.7 Å². The number of benzene rings is 1. The van der Waals surface area contributed by atoms with Gasteiger partial charge in [-0.15, -0.1) is 0 Å². The lowest BCUT2D eigenvalue weighted by Crippen LogP contribution is -2.29. The second-order valence-electron chi connectivity index (χ2n) is 10.7. The standard InChI is InChI=1S/C28H34N2O6S/c1-27(2,3)35-24(31)9-7-8-20-10-13-23(14-11-20)37(33,34)30-17-16-22-18-21(19-29-26(22)30)12-15-25(32)36-28(4,5)6/h7,9-15,18-19H,8,16-17H2,1-6H3. The van der Waals surface area contributed by atoms with Crippen molar-refractivity contribution in [3.63, 3.8) is 0 Å². The van der Waals surface area contributed by atoms with Crippen LogP contribution in [0.4, 0.5) is 5.82 Å². The molecule has 0 saturated heterocycles. The SMILES string of the molecule is CC(C)(C)OC(=O)C=CCc1ccc(S(=O)(=O)N2CCc3cc(C=CC(=O)OC(C)(C)C)cnc32)cc1. The molecule has 8 nitrogen and oxygen atoms in total. The highest BCUT2D eigenvalue weighted by Crippen LogP contribution is 2.32. The van der Waals surface area contributed by atoms with E-state index in [-0.39, 0.29) is 11.4 Å². The molecule has 1 aliphatic rings. The molecule has 3 rings (SSSR count). The van der Waals surface area contributed by atoms with Crippen LogP contribution in [0.2, 0.25) is 0 Å². The maximum Gasteiger partial charge on any atom is 0.331 e. The number of ether oxygens (including phenoxy) is 2. The summed E-state index contributed by atoms with van der Waals surface area (Å²) in [7, 11) is -3.80. The summed E-state index contributed by atoms with van der Waals surface area (Å²) in [5, 5.41) is 0. The highest BCUT2D eigenvalue weighted by atomic mass is 32.2. The highest BCUT2D eigenvalue weighted by Gasteiger charge is 2.32. The van der Waals surface area contributed by atoms with E-state index in [4.69, 9.17) is 9.47 Å². The molecule has 2 aromatic rings. The number of carbonyl (C=O) groups is 2. The molecule has 1 aliphatic heterocycles. The monoisotopic (exact) mass is 526 g/mol. The number of hydrogen-bond donors (Lipinski definition) is 0. The van der Waals surface area contributed by atoms with Crippen LogP contribution in [0, 0.1) is 0 Å². The molecule has 0 radical (unpaired) electrons. The van der Waals surface area contributed by atoms with Crippen LogP contribution < -0.4 is 4.31 Å². The number of allylic oxidation sites excluding steroid dienone is 1. The molecular weight excluding hydrogens is 492 g/mol. The Bertz CT molecular complexity index is 1310. The molecule has 0 saturated carbocycles. The van der Waals surface area contributed by atoms with E-state index in [0.717, 1.165) is 11.1 Å². The zero-order chi connectivity index (χ0) is 27.4. The van der Waals surface area contributed by atoms with Crippen molar-refractivity contribution in [2.45, 2.75) is 70.5 Å². The van der Waals surface area contributed by atoms with Crippen molar-refractivity contribution < 1.29 is 27.5 Å². The van der Waals surface area contributed by atoms with Gasteiger partial charge >= 0.3 is 11.9 Å². The lowest BCUT2D eigenvalue weighted by Gasteiger charge is -2.19. The molecule has 1 aromatic carbocycles. The summed E-state index contributed by atoms with van der Waals surface area (Å²) >= 11 is 0. The van der Waals surface area contributed by atoms with E-state index in [1.807, 2.05) is 6.07 Å². The van der Waals surface area contributed by atoms with Crippen LogP contribution in [0.5, 0.6) is 0 Å². The van der Waals surface area contributed by atoms with Crippen molar-refractivity contribution in [1.29, 1.82) is 0 Å². The summed E-state index contributed by atoms with van der Waals surface area (Å²) < 4.78 is 38.4. The average molecular weight is 527 g/mol. The van der Waals surface area contributed by atoms with Gasteiger partial charge in [0.15, 0.2) is 0 Å². The molecule has 0 amide bonds. The minimum Gasteiger partial charge on any atom is -0.457 e. The summed E-state index contributed by atoms with van der Waals surface area (Å²) in [5.41, 5.74) is 1.20. The topological polar surface area (TPSA) is 103 Å². The van der Waals surface area contributed by atoms with Crippen molar-refractivity contribution >= 4 is 33.9 Å². The first kappa shape index (κ1) is 28.1. The molecule has 9 heteroatoms. The fourth-order valence-corrected chi connectivity index (χ4v) is 5.09. The predicted octanol–water partition coefficient (Wildman–Crippen LogP) is 4.63. The third-order valence-corrected chi connectivity index (χ3v) is 6.93. The number of pyridine rings is 1. The first-order chi connectivity index (χ1) is 17.1. The van der Waals surface area contributed by atoms with Gasteiger partial charge in [-0.1, -0.05) is 18.2 Å². The number of nitrogens with zero attached hydrogens (tertiary/aromatic N) is 2. The Hall–Kier alpha value is -3.46. The summed E-state index contributed by atoms with van der Waals surface area (Å²) in [6.07, 6.45) is 8.52. The van der Waals surface area contributed by atoms with Crippen molar-refractivity contribution in [3.05, 3.63) is 71.4 Å². The second-order valence-corrected chi connectivity index (χ2v) is 12.6. The summed E-state index contributed by atoms with van der Waals surface area (Å²) in [6, 6.07) is 8.39. The second kappa shape index (κ2) is 10.9. The lowest BCUT2D eigenvalue weighted by molar-refractivity contribution is -0.149. The number of esters is 2. The smallest absolute Gasteiger partial charge is 0.331 e. The number of sulfonamides is 1. The molecule has 0 N–H and O–H groups in total. The Balaban J connectivity index is 1.68. The number of aromatic nitrogens is 1. The Morgan fingerprint density at radius 1 is 0.973 bits per heavy atom. The average Bonchev–Trinajstić information content (AvgIpc) is 3.20. The third-order valence-electron chi connectivity index (χ3n) is 5.13. The summed E-state index contributed by atoms with van der Waals surface area (Å²) in [4.78, 5) is 28.3. The van der Waals surface area contributed by atoms with Crippen LogP contribution in [-0.4, -0.2) is 43.1 Å². The van der Waals surface area contributed by atoms with Gasteiger partial charge < -0.3 is 9.47 Å². The minimum absolute atomic E-state index is 0.163. The summed E-state index contributed by atoms with van der Waals surface area (Å²) in [5.74, 6) is -0.491. The fourth-order valence-electron chi connectivity index (χ4n) is 3.64.